The smallest absolute Gasteiger partial charge is 0.337 e. The summed E-state index contributed by atoms with van der Waals surface area (Å²) < 4.78 is 4.65. The number of nitriles is 1. The Morgan fingerprint density at radius 1 is 1.04 bits per heavy atom. The van der Waals surface area contributed by atoms with Crippen LogP contribution in [0, 0.1) is 11.3 Å². The van der Waals surface area contributed by atoms with Gasteiger partial charge < -0.3 is 15.4 Å². The summed E-state index contributed by atoms with van der Waals surface area (Å²) in [7, 11) is 1.32. The molecule has 0 fully saturated rings. The van der Waals surface area contributed by atoms with Crippen molar-refractivity contribution in [3.63, 3.8) is 0 Å². The highest BCUT2D eigenvalue weighted by Gasteiger charge is 2.09. The van der Waals surface area contributed by atoms with Crippen molar-refractivity contribution in [2.24, 2.45) is 0 Å². The molecule has 0 aliphatic heterocycles. The molecular formula is C20H15N5O3. The summed E-state index contributed by atoms with van der Waals surface area (Å²) >= 11 is 0. The lowest BCUT2D eigenvalue weighted by Crippen LogP contribution is -2.14. The summed E-state index contributed by atoms with van der Waals surface area (Å²) in [6, 6.07) is 15.2. The van der Waals surface area contributed by atoms with Crippen LogP contribution in [0.3, 0.4) is 0 Å². The SMILES string of the molecule is COC(=O)c1ccc(Nc2cnc(C(=O)Nc3cccc(C#N)c3)cn2)cc1. The third-order valence-corrected chi connectivity index (χ3v) is 3.71. The van der Waals surface area contributed by atoms with Gasteiger partial charge in [-0.15, -0.1) is 0 Å². The summed E-state index contributed by atoms with van der Waals surface area (Å²) in [6.07, 6.45) is 2.77. The number of nitrogens with zero attached hydrogens (tertiary/aromatic N) is 3. The number of aromatic nitrogens is 2. The lowest BCUT2D eigenvalue weighted by molar-refractivity contribution is 0.0600. The second-order valence-corrected chi connectivity index (χ2v) is 5.63. The van der Waals surface area contributed by atoms with E-state index in [2.05, 4.69) is 25.3 Å². The van der Waals surface area contributed by atoms with E-state index >= 15 is 0 Å². The van der Waals surface area contributed by atoms with E-state index in [1.54, 1.807) is 48.5 Å². The third-order valence-electron chi connectivity index (χ3n) is 3.71. The van der Waals surface area contributed by atoms with Crippen LogP contribution >= 0.6 is 0 Å². The van der Waals surface area contributed by atoms with Crippen LogP contribution in [0.25, 0.3) is 0 Å². The molecule has 0 spiro atoms. The van der Waals surface area contributed by atoms with Gasteiger partial charge in [-0.1, -0.05) is 6.07 Å². The van der Waals surface area contributed by atoms with Gasteiger partial charge in [0, 0.05) is 11.4 Å². The van der Waals surface area contributed by atoms with Gasteiger partial charge in [0.15, 0.2) is 0 Å². The Bertz CT molecular complexity index is 1040. The Labute approximate surface area is 160 Å². The summed E-state index contributed by atoms with van der Waals surface area (Å²) in [6.45, 7) is 0. The number of carbonyl (C=O) groups excluding carboxylic acids is 2. The van der Waals surface area contributed by atoms with E-state index in [0.29, 0.717) is 28.3 Å². The number of benzene rings is 2. The van der Waals surface area contributed by atoms with E-state index in [0.717, 1.165) is 0 Å². The van der Waals surface area contributed by atoms with Crippen molar-refractivity contribution in [2.45, 2.75) is 0 Å². The number of amides is 1. The number of hydrogen-bond acceptors (Lipinski definition) is 7. The number of ether oxygens (including phenoxy) is 1. The van der Waals surface area contributed by atoms with Gasteiger partial charge >= 0.3 is 5.97 Å². The van der Waals surface area contributed by atoms with E-state index in [1.165, 1.54) is 19.5 Å². The van der Waals surface area contributed by atoms with Gasteiger partial charge in [-0.2, -0.15) is 5.26 Å². The van der Waals surface area contributed by atoms with Gasteiger partial charge in [0.1, 0.15) is 11.5 Å². The Morgan fingerprint density at radius 3 is 2.46 bits per heavy atom. The number of hydrogen-bond donors (Lipinski definition) is 2. The van der Waals surface area contributed by atoms with Crippen LogP contribution in [0.4, 0.5) is 17.2 Å². The summed E-state index contributed by atoms with van der Waals surface area (Å²) in [4.78, 5) is 31.9. The predicted molar refractivity (Wildman–Crippen MR) is 102 cm³/mol. The van der Waals surface area contributed by atoms with Gasteiger partial charge in [-0.05, 0) is 42.5 Å². The Hall–Kier alpha value is -4.25. The fraction of sp³-hybridized carbons (Fsp3) is 0.0500. The fourth-order valence-corrected chi connectivity index (χ4v) is 2.33. The van der Waals surface area contributed by atoms with Crippen LogP contribution in [0.5, 0.6) is 0 Å². The van der Waals surface area contributed by atoms with Crippen LogP contribution in [-0.2, 0) is 4.74 Å². The maximum atomic E-state index is 12.3. The molecule has 0 saturated carbocycles. The van der Waals surface area contributed by atoms with Crippen LogP contribution in [0.1, 0.15) is 26.4 Å². The van der Waals surface area contributed by atoms with Crippen LogP contribution in [-0.4, -0.2) is 29.0 Å². The zero-order valence-electron chi connectivity index (χ0n) is 14.8. The zero-order chi connectivity index (χ0) is 19.9. The largest absolute Gasteiger partial charge is 0.465 e. The van der Waals surface area contributed by atoms with Crippen LogP contribution in [0.2, 0.25) is 0 Å². The minimum absolute atomic E-state index is 0.133. The number of esters is 1. The molecule has 0 bridgehead atoms. The van der Waals surface area contributed by atoms with Crippen molar-refractivity contribution in [3.8, 4) is 6.07 Å². The molecule has 3 aromatic rings. The highest BCUT2D eigenvalue weighted by atomic mass is 16.5. The molecule has 1 amide bonds. The second kappa shape index (κ2) is 8.42. The van der Waals surface area contributed by atoms with Crippen molar-refractivity contribution in [1.82, 2.24) is 9.97 Å². The van der Waals surface area contributed by atoms with Crippen molar-refractivity contribution in [3.05, 3.63) is 77.7 Å². The molecule has 2 N–H and O–H groups in total. The topological polar surface area (TPSA) is 117 Å². The first-order valence-electron chi connectivity index (χ1n) is 8.18. The quantitative estimate of drug-likeness (QED) is 0.660. The zero-order valence-corrected chi connectivity index (χ0v) is 14.8. The minimum atomic E-state index is -0.434. The summed E-state index contributed by atoms with van der Waals surface area (Å²) in [5.74, 6) is -0.410. The first-order valence-corrected chi connectivity index (χ1v) is 8.18. The summed E-state index contributed by atoms with van der Waals surface area (Å²) in [5.41, 5.74) is 2.22. The summed E-state index contributed by atoms with van der Waals surface area (Å²) in [5, 5.41) is 14.6. The lowest BCUT2D eigenvalue weighted by atomic mass is 10.2. The Kier molecular flexibility index (Phi) is 5.58. The fourth-order valence-electron chi connectivity index (χ4n) is 2.33. The van der Waals surface area contributed by atoms with Crippen molar-refractivity contribution in [1.29, 1.82) is 5.26 Å². The van der Waals surface area contributed by atoms with Gasteiger partial charge in [0.2, 0.25) is 0 Å². The molecule has 8 heteroatoms. The second-order valence-electron chi connectivity index (χ2n) is 5.63. The molecule has 0 atom stereocenters. The highest BCUT2D eigenvalue weighted by Crippen LogP contribution is 2.16. The molecule has 138 valence electrons. The molecule has 1 heterocycles. The van der Waals surface area contributed by atoms with Crippen molar-refractivity contribution < 1.29 is 14.3 Å². The molecule has 0 aliphatic carbocycles. The number of methoxy groups -OCH3 is 1. The van der Waals surface area contributed by atoms with E-state index < -0.39 is 11.9 Å². The number of rotatable bonds is 5. The van der Waals surface area contributed by atoms with Crippen LogP contribution in [0.15, 0.2) is 60.9 Å². The van der Waals surface area contributed by atoms with E-state index in [4.69, 9.17) is 5.26 Å². The normalized spacial score (nSPS) is 9.86. The Balaban J connectivity index is 1.65. The van der Waals surface area contributed by atoms with E-state index in [-0.39, 0.29) is 5.69 Å². The molecule has 0 saturated heterocycles. The van der Waals surface area contributed by atoms with Gasteiger partial charge in [-0.25, -0.2) is 14.8 Å². The molecule has 0 aliphatic rings. The molecule has 28 heavy (non-hydrogen) atoms. The van der Waals surface area contributed by atoms with Crippen molar-refractivity contribution in [2.75, 3.05) is 17.7 Å². The van der Waals surface area contributed by atoms with E-state index in [9.17, 15) is 9.59 Å². The number of anilines is 3. The van der Waals surface area contributed by atoms with E-state index in [1.807, 2.05) is 6.07 Å². The first kappa shape index (κ1) is 18.5. The maximum absolute atomic E-state index is 12.3. The van der Waals surface area contributed by atoms with Gasteiger partial charge in [0.25, 0.3) is 5.91 Å². The molecule has 8 nitrogen and oxygen atoms in total. The monoisotopic (exact) mass is 373 g/mol. The molecular weight excluding hydrogens is 358 g/mol. The first-order chi connectivity index (χ1) is 13.6. The highest BCUT2D eigenvalue weighted by molar-refractivity contribution is 6.02. The number of nitrogens with one attached hydrogen (secondary N) is 2. The molecule has 1 aromatic heterocycles. The molecule has 0 radical (unpaired) electrons. The minimum Gasteiger partial charge on any atom is -0.465 e. The molecule has 2 aromatic carbocycles. The number of carbonyl (C=O) groups is 2. The van der Waals surface area contributed by atoms with Crippen molar-refractivity contribution >= 4 is 29.1 Å². The maximum Gasteiger partial charge on any atom is 0.337 e. The molecule has 0 unspecified atom stereocenters. The average Bonchev–Trinajstić information content (AvgIpc) is 2.74. The van der Waals surface area contributed by atoms with Crippen LogP contribution < -0.4 is 10.6 Å². The molecule has 3 rings (SSSR count). The average molecular weight is 373 g/mol. The van der Waals surface area contributed by atoms with Gasteiger partial charge in [0.05, 0.1) is 36.7 Å². The Morgan fingerprint density at radius 2 is 1.82 bits per heavy atom. The third kappa shape index (κ3) is 4.47. The van der Waals surface area contributed by atoms with Gasteiger partial charge in [-0.3, -0.25) is 4.79 Å². The predicted octanol–water partition coefficient (Wildman–Crippen LogP) is 3.13. The standard InChI is InChI=1S/C20H15N5O3/c1-28-20(27)14-5-7-15(8-6-14)24-18-12-22-17(11-23-18)19(26)25-16-4-2-3-13(9-16)10-21/h2-9,11-12H,1H3,(H,23,24)(H,25,26). The lowest BCUT2D eigenvalue weighted by Gasteiger charge is -2.07.